The number of hydrogen-bond acceptors (Lipinski definition) is 6. The second-order valence-electron chi connectivity index (χ2n) is 6.46. The monoisotopic (exact) mass is 354 g/mol. The zero-order valence-corrected chi connectivity index (χ0v) is 14.5. The van der Waals surface area contributed by atoms with Crippen LogP contribution in [0.2, 0.25) is 0 Å². The highest BCUT2D eigenvalue weighted by molar-refractivity contribution is 5.89. The molecule has 0 radical (unpaired) electrons. The van der Waals surface area contributed by atoms with Crippen molar-refractivity contribution in [2.24, 2.45) is 0 Å². The van der Waals surface area contributed by atoms with E-state index in [0.717, 1.165) is 26.2 Å². The van der Waals surface area contributed by atoms with Crippen molar-refractivity contribution in [3.05, 3.63) is 60.2 Å². The van der Waals surface area contributed by atoms with E-state index < -0.39 is 5.72 Å². The lowest BCUT2D eigenvalue weighted by molar-refractivity contribution is -0.158. The molecule has 1 fully saturated rings. The van der Waals surface area contributed by atoms with Crippen LogP contribution >= 0.6 is 0 Å². The predicted octanol–water partition coefficient (Wildman–Crippen LogP) is 1.92. The van der Waals surface area contributed by atoms with Gasteiger partial charge in [-0.2, -0.15) is 0 Å². The third-order valence-electron chi connectivity index (χ3n) is 4.73. The highest BCUT2D eigenvalue weighted by Gasteiger charge is 2.45. The molecule has 1 atom stereocenters. The van der Waals surface area contributed by atoms with Crippen molar-refractivity contribution in [3.8, 4) is 11.5 Å². The van der Waals surface area contributed by atoms with E-state index >= 15 is 0 Å². The van der Waals surface area contributed by atoms with Gasteiger partial charge in [0, 0.05) is 26.2 Å². The summed E-state index contributed by atoms with van der Waals surface area (Å²) in [6, 6.07) is 16.6. The van der Waals surface area contributed by atoms with Crippen LogP contribution in [0, 0.1) is 0 Å². The summed E-state index contributed by atoms with van der Waals surface area (Å²) >= 11 is 0. The Bertz CT molecular complexity index is 761. The highest BCUT2D eigenvalue weighted by Crippen LogP contribution is 2.36. The number of para-hydroxylation sites is 2. The first-order chi connectivity index (χ1) is 12.8. The number of hydrogen-bond donors (Lipinski definition) is 1. The van der Waals surface area contributed by atoms with Crippen molar-refractivity contribution in [1.82, 2.24) is 10.2 Å². The van der Waals surface area contributed by atoms with Crippen molar-refractivity contribution in [2.45, 2.75) is 5.72 Å². The molecule has 1 saturated heterocycles. The largest absolute Gasteiger partial charge is 0.484 e. The van der Waals surface area contributed by atoms with Crippen molar-refractivity contribution < 1.29 is 19.0 Å². The maximum Gasteiger partial charge on any atom is 0.338 e. The topological polar surface area (TPSA) is 60.0 Å². The molecule has 2 aromatic carbocycles. The van der Waals surface area contributed by atoms with Crippen molar-refractivity contribution in [3.63, 3.8) is 0 Å². The van der Waals surface area contributed by atoms with Crippen molar-refractivity contribution in [2.75, 3.05) is 39.4 Å². The Morgan fingerprint density at radius 1 is 1.04 bits per heavy atom. The van der Waals surface area contributed by atoms with E-state index in [4.69, 9.17) is 14.2 Å². The minimum absolute atomic E-state index is 0.106. The molecule has 4 rings (SSSR count). The van der Waals surface area contributed by atoms with Crippen LogP contribution in [-0.4, -0.2) is 56.0 Å². The average molecular weight is 354 g/mol. The maximum absolute atomic E-state index is 12.4. The van der Waals surface area contributed by atoms with E-state index in [0.29, 0.717) is 23.7 Å². The number of rotatable bonds is 4. The Balaban J connectivity index is 1.55. The standard InChI is InChI=1S/C20H22N2O4/c23-19(16-6-2-1-3-7-16)25-15-20(22-12-10-21-11-13-22)14-24-17-8-4-5-9-18(17)26-20/h1-9,21H,10-15H2. The van der Waals surface area contributed by atoms with Gasteiger partial charge in [-0.3, -0.25) is 4.90 Å². The molecule has 6 heteroatoms. The summed E-state index contributed by atoms with van der Waals surface area (Å²) in [6.07, 6.45) is 0. The number of nitrogens with one attached hydrogen (secondary N) is 1. The lowest BCUT2D eigenvalue weighted by atomic mass is 10.1. The third kappa shape index (κ3) is 3.38. The summed E-state index contributed by atoms with van der Waals surface area (Å²) < 4.78 is 17.9. The molecule has 0 aliphatic carbocycles. The molecular formula is C20H22N2O4. The summed E-state index contributed by atoms with van der Waals surface area (Å²) in [5.41, 5.74) is -0.291. The Morgan fingerprint density at radius 2 is 1.73 bits per heavy atom. The van der Waals surface area contributed by atoms with Gasteiger partial charge < -0.3 is 19.5 Å². The van der Waals surface area contributed by atoms with E-state index in [1.165, 1.54) is 0 Å². The van der Waals surface area contributed by atoms with Gasteiger partial charge in [0.1, 0.15) is 13.2 Å². The second-order valence-corrected chi connectivity index (χ2v) is 6.46. The van der Waals surface area contributed by atoms with Gasteiger partial charge in [0.05, 0.1) is 5.56 Å². The molecule has 1 unspecified atom stereocenters. The van der Waals surface area contributed by atoms with Gasteiger partial charge in [0.2, 0.25) is 5.72 Å². The van der Waals surface area contributed by atoms with E-state index in [2.05, 4.69) is 10.2 Å². The normalized spacial score (nSPS) is 22.6. The lowest BCUT2D eigenvalue weighted by Crippen LogP contribution is -2.65. The number of nitrogens with zero attached hydrogens (tertiary/aromatic N) is 1. The first-order valence-corrected chi connectivity index (χ1v) is 8.86. The Kier molecular flexibility index (Phi) is 4.77. The zero-order valence-electron chi connectivity index (χ0n) is 14.5. The van der Waals surface area contributed by atoms with Gasteiger partial charge in [0.25, 0.3) is 0 Å². The second kappa shape index (κ2) is 7.35. The zero-order chi connectivity index (χ0) is 17.8. The highest BCUT2D eigenvalue weighted by atomic mass is 16.6. The van der Waals surface area contributed by atoms with E-state index in [-0.39, 0.29) is 12.6 Å². The van der Waals surface area contributed by atoms with Gasteiger partial charge in [-0.25, -0.2) is 4.79 Å². The van der Waals surface area contributed by atoms with Crippen LogP contribution < -0.4 is 14.8 Å². The van der Waals surface area contributed by atoms with Gasteiger partial charge in [0.15, 0.2) is 11.5 Å². The average Bonchev–Trinajstić information content (AvgIpc) is 2.73. The minimum Gasteiger partial charge on any atom is -0.484 e. The molecule has 26 heavy (non-hydrogen) atoms. The van der Waals surface area contributed by atoms with Crippen LogP contribution in [-0.2, 0) is 4.74 Å². The summed E-state index contributed by atoms with van der Waals surface area (Å²) in [7, 11) is 0. The molecule has 2 aliphatic heterocycles. The third-order valence-corrected chi connectivity index (χ3v) is 4.73. The molecular weight excluding hydrogens is 332 g/mol. The fourth-order valence-electron chi connectivity index (χ4n) is 3.30. The van der Waals surface area contributed by atoms with Gasteiger partial charge >= 0.3 is 5.97 Å². The molecule has 0 saturated carbocycles. The predicted molar refractivity (Wildman–Crippen MR) is 96.5 cm³/mol. The number of piperazine rings is 1. The van der Waals surface area contributed by atoms with Crippen LogP contribution in [0.25, 0.3) is 0 Å². The molecule has 2 heterocycles. The molecule has 6 nitrogen and oxygen atoms in total. The van der Waals surface area contributed by atoms with Gasteiger partial charge in [-0.05, 0) is 24.3 Å². The van der Waals surface area contributed by atoms with Crippen molar-refractivity contribution in [1.29, 1.82) is 0 Å². The Morgan fingerprint density at radius 3 is 2.50 bits per heavy atom. The first kappa shape index (κ1) is 16.9. The smallest absolute Gasteiger partial charge is 0.338 e. The van der Waals surface area contributed by atoms with Crippen LogP contribution in [0.5, 0.6) is 11.5 Å². The van der Waals surface area contributed by atoms with E-state index in [1.807, 2.05) is 42.5 Å². The summed E-state index contributed by atoms with van der Waals surface area (Å²) in [6.45, 7) is 3.74. The molecule has 0 amide bonds. The fraction of sp³-hybridized carbons (Fsp3) is 0.350. The quantitative estimate of drug-likeness (QED) is 0.847. The number of ether oxygens (including phenoxy) is 3. The summed E-state index contributed by atoms with van der Waals surface area (Å²) in [4.78, 5) is 14.6. The molecule has 2 aromatic rings. The van der Waals surface area contributed by atoms with E-state index in [9.17, 15) is 4.79 Å². The SMILES string of the molecule is O=C(OCC1(N2CCNCC2)COc2ccccc2O1)c1ccccc1. The summed E-state index contributed by atoms with van der Waals surface area (Å²) in [5.74, 6) is 1.03. The number of carbonyl (C=O) groups excluding carboxylic acids is 1. The van der Waals surface area contributed by atoms with Crippen LogP contribution in [0.1, 0.15) is 10.4 Å². The van der Waals surface area contributed by atoms with E-state index in [1.54, 1.807) is 12.1 Å². The van der Waals surface area contributed by atoms with Gasteiger partial charge in [-0.15, -0.1) is 0 Å². The van der Waals surface area contributed by atoms with Crippen LogP contribution in [0.4, 0.5) is 0 Å². The number of carbonyl (C=O) groups is 1. The van der Waals surface area contributed by atoms with Crippen LogP contribution in [0.15, 0.2) is 54.6 Å². The number of benzene rings is 2. The molecule has 0 bridgehead atoms. The fourth-order valence-corrected chi connectivity index (χ4v) is 3.30. The lowest BCUT2D eigenvalue weighted by Gasteiger charge is -2.46. The summed E-state index contributed by atoms with van der Waals surface area (Å²) in [5, 5.41) is 3.34. The molecule has 1 N–H and O–H groups in total. The maximum atomic E-state index is 12.4. The molecule has 2 aliphatic rings. The number of fused-ring (bicyclic) bond motifs is 1. The Labute approximate surface area is 152 Å². The minimum atomic E-state index is -0.819. The molecule has 136 valence electrons. The van der Waals surface area contributed by atoms with Gasteiger partial charge in [-0.1, -0.05) is 30.3 Å². The number of esters is 1. The first-order valence-electron chi connectivity index (χ1n) is 8.86. The Hall–Kier alpha value is -2.57. The van der Waals surface area contributed by atoms with Crippen molar-refractivity contribution >= 4 is 5.97 Å². The molecule has 0 spiro atoms. The molecule has 0 aromatic heterocycles. The van der Waals surface area contributed by atoms with Crippen LogP contribution in [0.3, 0.4) is 0 Å².